The van der Waals surface area contributed by atoms with Crippen LogP contribution in [-0.2, 0) is 6.54 Å². The van der Waals surface area contributed by atoms with E-state index < -0.39 is 0 Å². The van der Waals surface area contributed by atoms with Gasteiger partial charge in [0.25, 0.3) is 0 Å². The van der Waals surface area contributed by atoms with Crippen molar-refractivity contribution in [2.24, 2.45) is 0 Å². The van der Waals surface area contributed by atoms with Crippen LogP contribution in [0.15, 0.2) is 48.0 Å². The van der Waals surface area contributed by atoms with Crippen LogP contribution in [0.4, 0.5) is 11.5 Å². The van der Waals surface area contributed by atoms with Crippen molar-refractivity contribution < 1.29 is 0 Å². The Morgan fingerprint density at radius 3 is 2.70 bits per heavy atom. The minimum atomic E-state index is 0.801. The maximum absolute atomic E-state index is 5.74. The third-order valence-corrected chi connectivity index (χ3v) is 4.28. The van der Waals surface area contributed by atoms with Gasteiger partial charge in [-0.1, -0.05) is 12.1 Å². The Labute approximate surface area is 122 Å². The van der Waals surface area contributed by atoms with Gasteiger partial charge in [-0.3, -0.25) is 0 Å². The summed E-state index contributed by atoms with van der Waals surface area (Å²) in [6.45, 7) is 3.93. The summed E-state index contributed by atoms with van der Waals surface area (Å²) in [4.78, 5) is 6.86. The molecule has 0 amide bonds. The van der Waals surface area contributed by atoms with Gasteiger partial charge in [-0.05, 0) is 42.1 Å². The predicted octanol–water partition coefficient (Wildman–Crippen LogP) is 3.91. The minimum absolute atomic E-state index is 0.801. The molecule has 0 fully saturated rings. The second kappa shape index (κ2) is 5.51. The number of hydrogen-bond acceptors (Lipinski definition) is 4. The third kappa shape index (κ3) is 2.47. The highest BCUT2D eigenvalue weighted by molar-refractivity contribution is 7.17. The van der Waals surface area contributed by atoms with E-state index in [-0.39, 0.29) is 0 Å². The molecule has 0 unspecified atom stereocenters. The molecule has 0 aliphatic rings. The van der Waals surface area contributed by atoms with Crippen molar-refractivity contribution in [1.29, 1.82) is 0 Å². The van der Waals surface area contributed by atoms with Crippen molar-refractivity contribution >= 4 is 32.9 Å². The summed E-state index contributed by atoms with van der Waals surface area (Å²) in [5.74, 6) is 1.06. The van der Waals surface area contributed by atoms with Crippen molar-refractivity contribution in [3.63, 3.8) is 0 Å². The molecule has 0 aliphatic heterocycles. The van der Waals surface area contributed by atoms with E-state index in [9.17, 15) is 0 Å². The quantitative estimate of drug-likeness (QED) is 0.738. The SMILES string of the molecule is CCN(Cc1ccc(N)cc1)c1nccc2sccc12. The Kier molecular flexibility index (Phi) is 3.56. The van der Waals surface area contributed by atoms with Crippen LogP contribution >= 0.6 is 11.3 Å². The lowest BCUT2D eigenvalue weighted by molar-refractivity contribution is 0.819. The smallest absolute Gasteiger partial charge is 0.137 e. The second-order valence-electron chi connectivity index (χ2n) is 4.72. The molecule has 4 heteroatoms. The van der Waals surface area contributed by atoms with Crippen molar-refractivity contribution in [1.82, 2.24) is 4.98 Å². The number of fused-ring (bicyclic) bond motifs is 1. The van der Waals surface area contributed by atoms with Crippen LogP contribution in [0, 0.1) is 0 Å². The average molecular weight is 283 g/mol. The molecule has 0 radical (unpaired) electrons. The maximum atomic E-state index is 5.74. The molecule has 102 valence electrons. The molecule has 0 aliphatic carbocycles. The number of hydrogen-bond donors (Lipinski definition) is 1. The van der Waals surface area contributed by atoms with Crippen LogP contribution in [0.3, 0.4) is 0 Å². The first-order valence-electron chi connectivity index (χ1n) is 6.69. The van der Waals surface area contributed by atoms with Crippen LogP contribution in [0.25, 0.3) is 10.1 Å². The van der Waals surface area contributed by atoms with E-state index in [0.717, 1.165) is 24.6 Å². The van der Waals surface area contributed by atoms with Gasteiger partial charge in [-0.15, -0.1) is 11.3 Å². The van der Waals surface area contributed by atoms with Gasteiger partial charge < -0.3 is 10.6 Å². The van der Waals surface area contributed by atoms with Gasteiger partial charge in [-0.2, -0.15) is 0 Å². The number of nitrogen functional groups attached to an aromatic ring is 1. The molecule has 0 spiro atoms. The number of rotatable bonds is 4. The fraction of sp³-hybridized carbons (Fsp3) is 0.188. The van der Waals surface area contributed by atoms with E-state index >= 15 is 0 Å². The first kappa shape index (κ1) is 12.9. The molecule has 0 bridgehead atoms. The van der Waals surface area contributed by atoms with E-state index in [4.69, 9.17) is 5.73 Å². The number of nitrogens with two attached hydrogens (primary N) is 1. The van der Waals surface area contributed by atoms with E-state index in [1.165, 1.54) is 15.6 Å². The number of thiophene rings is 1. The zero-order valence-electron chi connectivity index (χ0n) is 11.4. The first-order chi connectivity index (χ1) is 9.78. The van der Waals surface area contributed by atoms with Crippen molar-refractivity contribution in [2.75, 3.05) is 17.2 Å². The lowest BCUT2D eigenvalue weighted by Crippen LogP contribution is -2.23. The minimum Gasteiger partial charge on any atom is -0.399 e. The van der Waals surface area contributed by atoms with Crippen molar-refractivity contribution in [3.8, 4) is 0 Å². The van der Waals surface area contributed by atoms with Crippen molar-refractivity contribution in [3.05, 3.63) is 53.5 Å². The van der Waals surface area contributed by atoms with E-state index in [0.29, 0.717) is 0 Å². The maximum Gasteiger partial charge on any atom is 0.137 e. The Morgan fingerprint density at radius 1 is 1.15 bits per heavy atom. The summed E-state index contributed by atoms with van der Waals surface area (Å²) in [6, 6.07) is 12.3. The third-order valence-electron chi connectivity index (χ3n) is 3.39. The number of pyridine rings is 1. The molecule has 20 heavy (non-hydrogen) atoms. The number of aromatic nitrogens is 1. The molecular weight excluding hydrogens is 266 g/mol. The zero-order chi connectivity index (χ0) is 13.9. The highest BCUT2D eigenvalue weighted by Crippen LogP contribution is 2.29. The molecule has 1 aromatic carbocycles. The van der Waals surface area contributed by atoms with Gasteiger partial charge in [0.15, 0.2) is 0 Å². The molecule has 0 atom stereocenters. The molecule has 3 rings (SSSR count). The van der Waals surface area contributed by atoms with Gasteiger partial charge >= 0.3 is 0 Å². The molecule has 0 saturated heterocycles. The molecule has 3 nitrogen and oxygen atoms in total. The lowest BCUT2D eigenvalue weighted by atomic mass is 10.2. The van der Waals surface area contributed by atoms with Crippen LogP contribution in [-0.4, -0.2) is 11.5 Å². The topological polar surface area (TPSA) is 42.1 Å². The summed E-state index contributed by atoms with van der Waals surface area (Å²) < 4.78 is 1.28. The highest BCUT2D eigenvalue weighted by atomic mass is 32.1. The number of nitrogens with zero attached hydrogens (tertiary/aromatic N) is 2. The predicted molar refractivity (Wildman–Crippen MR) is 87.2 cm³/mol. The van der Waals surface area contributed by atoms with Crippen LogP contribution in [0.1, 0.15) is 12.5 Å². The second-order valence-corrected chi connectivity index (χ2v) is 5.67. The van der Waals surface area contributed by atoms with Gasteiger partial charge in [0.1, 0.15) is 5.82 Å². The summed E-state index contributed by atoms with van der Waals surface area (Å²) in [7, 11) is 0. The molecule has 0 saturated carbocycles. The Balaban J connectivity index is 1.93. The first-order valence-corrected chi connectivity index (χ1v) is 7.57. The molecule has 2 heterocycles. The summed E-state index contributed by atoms with van der Waals surface area (Å²) in [5.41, 5.74) is 7.78. The van der Waals surface area contributed by atoms with Gasteiger partial charge in [0, 0.05) is 35.1 Å². The normalized spacial score (nSPS) is 10.8. The van der Waals surface area contributed by atoms with Crippen molar-refractivity contribution in [2.45, 2.75) is 13.5 Å². The Hall–Kier alpha value is -2.07. The van der Waals surface area contributed by atoms with E-state index in [2.05, 4.69) is 46.5 Å². The Bertz CT molecular complexity index is 703. The van der Waals surface area contributed by atoms with Crippen LogP contribution in [0.2, 0.25) is 0 Å². The number of benzene rings is 1. The molecule has 2 aromatic heterocycles. The van der Waals surface area contributed by atoms with Gasteiger partial charge in [-0.25, -0.2) is 4.98 Å². The molecule has 2 N–H and O–H groups in total. The fourth-order valence-corrected chi connectivity index (χ4v) is 3.09. The van der Waals surface area contributed by atoms with E-state index in [1.807, 2.05) is 18.3 Å². The number of anilines is 2. The summed E-state index contributed by atoms with van der Waals surface area (Å²) in [6.07, 6.45) is 1.89. The summed E-state index contributed by atoms with van der Waals surface area (Å²) >= 11 is 1.75. The standard InChI is InChI=1S/C16H17N3S/c1-2-19(11-12-3-5-13(17)6-4-12)16-14-8-10-20-15(14)7-9-18-16/h3-10H,2,11,17H2,1H3. The highest BCUT2D eigenvalue weighted by Gasteiger charge is 2.11. The van der Waals surface area contributed by atoms with Crippen LogP contribution in [0.5, 0.6) is 0 Å². The summed E-state index contributed by atoms with van der Waals surface area (Å²) in [5, 5.41) is 3.35. The average Bonchev–Trinajstić information content (AvgIpc) is 2.95. The van der Waals surface area contributed by atoms with E-state index in [1.54, 1.807) is 11.3 Å². The molecular formula is C16H17N3S. The largest absolute Gasteiger partial charge is 0.399 e. The van der Waals surface area contributed by atoms with Gasteiger partial charge in [0.2, 0.25) is 0 Å². The Morgan fingerprint density at radius 2 is 1.95 bits per heavy atom. The van der Waals surface area contributed by atoms with Gasteiger partial charge in [0.05, 0.1) is 0 Å². The van der Waals surface area contributed by atoms with Crippen LogP contribution < -0.4 is 10.6 Å². The zero-order valence-corrected chi connectivity index (χ0v) is 12.2. The lowest BCUT2D eigenvalue weighted by Gasteiger charge is -2.23. The fourth-order valence-electron chi connectivity index (χ4n) is 2.31. The molecule has 3 aromatic rings. The monoisotopic (exact) mass is 283 g/mol.